The maximum absolute atomic E-state index is 12.0. The van der Waals surface area contributed by atoms with Crippen molar-refractivity contribution in [2.45, 2.75) is 59.5 Å². The van der Waals surface area contributed by atoms with Crippen LogP contribution in [0.3, 0.4) is 0 Å². The van der Waals surface area contributed by atoms with Crippen LogP contribution in [0.4, 0.5) is 0 Å². The summed E-state index contributed by atoms with van der Waals surface area (Å²) < 4.78 is 0. The van der Waals surface area contributed by atoms with Crippen molar-refractivity contribution in [2.75, 3.05) is 6.54 Å². The van der Waals surface area contributed by atoms with E-state index in [0.29, 0.717) is 24.1 Å². The summed E-state index contributed by atoms with van der Waals surface area (Å²) in [4.78, 5) is 23.7. The van der Waals surface area contributed by atoms with Crippen molar-refractivity contribution in [1.29, 1.82) is 0 Å². The van der Waals surface area contributed by atoms with Crippen molar-refractivity contribution in [3.63, 3.8) is 0 Å². The summed E-state index contributed by atoms with van der Waals surface area (Å²) in [6.45, 7) is 10.0. The molecule has 0 fully saturated rings. The maximum atomic E-state index is 12.0. The van der Waals surface area contributed by atoms with Crippen LogP contribution in [0.25, 0.3) is 0 Å². The highest BCUT2D eigenvalue weighted by atomic mass is 16.3. The molecule has 4 nitrogen and oxygen atoms in total. The third kappa shape index (κ3) is 3.43. The van der Waals surface area contributed by atoms with Gasteiger partial charge in [-0.15, -0.1) is 0 Å². The Balaban J connectivity index is 3.23. The van der Waals surface area contributed by atoms with E-state index in [-0.39, 0.29) is 18.1 Å². The molecule has 2 N–H and O–H groups in total. The minimum Gasteiger partial charge on any atom is -0.380 e. The summed E-state index contributed by atoms with van der Waals surface area (Å²) >= 11 is 0. The number of hydrogen-bond donors (Lipinski definition) is 2. The second-order valence-electron chi connectivity index (χ2n) is 6.38. The lowest BCUT2D eigenvalue weighted by atomic mass is 9.61. The molecule has 0 aromatic rings. The molecule has 1 amide bonds. The lowest BCUT2D eigenvalue weighted by molar-refractivity contribution is -0.122. The molecular weight excluding hydrogens is 266 g/mol. The summed E-state index contributed by atoms with van der Waals surface area (Å²) in [5.74, 6) is -0.171. The van der Waals surface area contributed by atoms with Crippen LogP contribution in [-0.2, 0) is 9.59 Å². The predicted octanol–water partition coefficient (Wildman–Crippen LogP) is 2.53. The molecule has 0 saturated heterocycles. The Labute approximate surface area is 127 Å². The van der Waals surface area contributed by atoms with Crippen molar-refractivity contribution in [1.82, 2.24) is 5.32 Å². The lowest BCUT2D eigenvalue weighted by Gasteiger charge is -2.47. The second-order valence-corrected chi connectivity index (χ2v) is 6.38. The van der Waals surface area contributed by atoms with E-state index in [4.69, 9.17) is 0 Å². The van der Waals surface area contributed by atoms with Crippen molar-refractivity contribution in [3.8, 4) is 0 Å². The average Bonchev–Trinajstić information content (AvgIpc) is 2.39. The molecule has 1 aliphatic carbocycles. The van der Waals surface area contributed by atoms with Gasteiger partial charge in [0.1, 0.15) is 5.60 Å². The van der Waals surface area contributed by atoms with Gasteiger partial charge in [-0.05, 0) is 37.0 Å². The Hall–Kier alpha value is -1.42. The van der Waals surface area contributed by atoms with Gasteiger partial charge in [-0.1, -0.05) is 27.7 Å². The summed E-state index contributed by atoms with van der Waals surface area (Å²) in [5, 5.41) is 14.0. The maximum Gasteiger partial charge on any atom is 0.244 e. The fraction of sp³-hybridized carbons (Fsp3) is 0.647. The van der Waals surface area contributed by atoms with Gasteiger partial charge in [0, 0.05) is 24.5 Å². The van der Waals surface area contributed by atoms with E-state index < -0.39 is 11.0 Å². The van der Waals surface area contributed by atoms with Crippen LogP contribution < -0.4 is 5.32 Å². The van der Waals surface area contributed by atoms with Crippen LogP contribution in [0, 0.1) is 5.41 Å². The number of hydrogen-bond acceptors (Lipinski definition) is 3. The molecular formula is C17H27NO3. The fourth-order valence-electron chi connectivity index (χ4n) is 3.10. The predicted molar refractivity (Wildman–Crippen MR) is 83.8 cm³/mol. The molecule has 1 atom stereocenters. The SMILES string of the molecule is CCCNC(=O)/C=C(/CC)C1(O)C(C)=CC(=O)CC1(C)C. The molecule has 4 heteroatoms. The third-order valence-corrected chi connectivity index (χ3v) is 4.24. The number of carbonyl (C=O) groups excluding carboxylic acids is 2. The van der Waals surface area contributed by atoms with Crippen molar-refractivity contribution < 1.29 is 14.7 Å². The van der Waals surface area contributed by atoms with Gasteiger partial charge in [-0.25, -0.2) is 0 Å². The van der Waals surface area contributed by atoms with Crippen LogP contribution in [0.15, 0.2) is 23.3 Å². The number of nitrogens with one attached hydrogen (secondary N) is 1. The van der Waals surface area contributed by atoms with Gasteiger partial charge >= 0.3 is 0 Å². The Bertz CT molecular complexity index is 488. The smallest absolute Gasteiger partial charge is 0.244 e. The minimum atomic E-state index is -1.25. The molecule has 1 rings (SSSR count). The molecule has 0 spiro atoms. The van der Waals surface area contributed by atoms with E-state index in [0.717, 1.165) is 6.42 Å². The van der Waals surface area contributed by atoms with E-state index in [9.17, 15) is 14.7 Å². The number of aliphatic hydroxyl groups is 1. The van der Waals surface area contributed by atoms with Crippen LogP contribution in [0.1, 0.15) is 53.9 Å². The standard InChI is InChI=1S/C17H27NO3/c1-6-8-18-15(20)10-13(7-2)17(21)12(3)9-14(19)11-16(17,4)5/h9-10,21H,6-8,11H2,1-5H3,(H,18,20)/b13-10-. The first-order chi connectivity index (χ1) is 9.68. The van der Waals surface area contributed by atoms with Gasteiger partial charge in [0.05, 0.1) is 0 Å². The Kier molecular flexibility index (Phi) is 5.51. The lowest BCUT2D eigenvalue weighted by Crippen LogP contribution is -2.51. The Morgan fingerprint density at radius 3 is 2.52 bits per heavy atom. The number of allylic oxidation sites excluding steroid dienone is 1. The van der Waals surface area contributed by atoms with Gasteiger partial charge < -0.3 is 10.4 Å². The molecule has 21 heavy (non-hydrogen) atoms. The zero-order valence-corrected chi connectivity index (χ0v) is 13.7. The van der Waals surface area contributed by atoms with Gasteiger partial charge in [0.15, 0.2) is 5.78 Å². The monoisotopic (exact) mass is 293 g/mol. The summed E-state index contributed by atoms with van der Waals surface area (Å²) in [5.41, 5.74) is -0.614. The molecule has 0 aromatic heterocycles. The normalized spacial score (nSPS) is 25.5. The highest BCUT2D eigenvalue weighted by Gasteiger charge is 2.50. The quantitative estimate of drug-likeness (QED) is 0.765. The third-order valence-electron chi connectivity index (χ3n) is 4.24. The zero-order valence-electron chi connectivity index (χ0n) is 13.7. The van der Waals surface area contributed by atoms with Gasteiger partial charge in [0.2, 0.25) is 5.91 Å². The van der Waals surface area contributed by atoms with Crippen molar-refractivity contribution in [3.05, 3.63) is 23.3 Å². The van der Waals surface area contributed by atoms with Crippen LogP contribution in [0.2, 0.25) is 0 Å². The summed E-state index contributed by atoms with van der Waals surface area (Å²) in [6, 6.07) is 0. The minimum absolute atomic E-state index is 0.0214. The Morgan fingerprint density at radius 2 is 2.05 bits per heavy atom. The van der Waals surface area contributed by atoms with E-state index in [1.54, 1.807) is 6.92 Å². The number of amides is 1. The van der Waals surface area contributed by atoms with Crippen molar-refractivity contribution in [2.24, 2.45) is 5.41 Å². The first kappa shape index (κ1) is 17.6. The molecule has 0 aliphatic heterocycles. The molecule has 0 saturated carbocycles. The van der Waals surface area contributed by atoms with Crippen molar-refractivity contribution >= 4 is 11.7 Å². The molecule has 118 valence electrons. The van der Waals surface area contributed by atoms with E-state index in [1.165, 1.54) is 12.2 Å². The summed E-state index contributed by atoms with van der Waals surface area (Å²) in [7, 11) is 0. The number of rotatable bonds is 5. The van der Waals surface area contributed by atoms with E-state index in [2.05, 4.69) is 5.32 Å². The van der Waals surface area contributed by atoms with Crippen LogP contribution >= 0.6 is 0 Å². The molecule has 0 bridgehead atoms. The van der Waals surface area contributed by atoms with Gasteiger partial charge in [-0.2, -0.15) is 0 Å². The summed E-state index contributed by atoms with van der Waals surface area (Å²) in [6.07, 6.45) is 4.68. The molecule has 1 aliphatic rings. The van der Waals surface area contributed by atoms with Gasteiger partial charge in [0.25, 0.3) is 0 Å². The zero-order chi connectivity index (χ0) is 16.3. The molecule has 0 heterocycles. The topological polar surface area (TPSA) is 66.4 Å². The number of carbonyl (C=O) groups is 2. The molecule has 1 unspecified atom stereocenters. The van der Waals surface area contributed by atoms with E-state index >= 15 is 0 Å². The average molecular weight is 293 g/mol. The van der Waals surface area contributed by atoms with Crippen LogP contribution in [0.5, 0.6) is 0 Å². The highest BCUT2D eigenvalue weighted by molar-refractivity contribution is 5.93. The Morgan fingerprint density at radius 1 is 1.43 bits per heavy atom. The molecule has 0 aromatic carbocycles. The first-order valence-electron chi connectivity index (χ1n) is 7.61. The van der Waals surface area contributed by atoms with Crippen LogP contribution in [-0.4, -0.2) is 28.9 Å². The van der Waals surface area contributed by atoms with E-state index in [1.807, 2.05) is 27.7 Å². The largest absolute Gasteiger partial charge is 0.380 e. The highest BCUT2D eigenvalue weighted by Crippen LogP contribution is 2.48. The fourth-order valence-corrected chi connectivity index (χ4v) is 3.10. The number of ketones is 1. The first-order valence-corrected chi connectivity index (χ1v) is 7.61. The van der Waals surface area contributed by atoms with Gasteiger partial charge in [-0.3, -0.25) is 9.59 Å². The molecule has 0 radical (unpaired) electrons. The second kappa shape index (κ2) is 6.56.